The summed E-state index contributed by atoms with van der Waals surface area (Å²) in [6.45, 7) is 3.86. The molecule has 0 heterocycles. The fourth-order valence-electron chi connectivity index (χ4n) is 1.61. The van der Waals surface area contributed by atoms with E-state index in [2.05, 4.69) is 21.2 Å². The molecule has 5 heteroatoms. The minimum Gasteiger partial charge on any atom is -0.387 e. The minimum absolute atomic E-state index is 0.152. The molecule has 0 unspecified atom stereocenters. The Bertz CT molecular complexity index is 435. The highest BCUT2D eigenvalue weighted by Gasteiger charge is 2.21. The van der Waals surface area contributed by atoms with Crippen molar-refractivity contribution in [1.29, 1.82) is 0 Å². The summed E-state index contributed by atoms with van der Waals surface area (Å²) in [5.41, 5.74) is 0.669. The summed E-state index contributed by atoms with van der Waals surface area (Å²) < 4.78 is 0.950. The fraction of sp³-hybridized carbons (Fsp3) is 0.462. The summed E-state index contributed by atoms with van der Waals surface area (Å²) in [6, 6.07) is 5.51. The molecule has 0 fully saturated rings. The summed E-state index contributed by atoms with van der Waals surface area (Å²) in [5, 5.41) is 12.7. The molecule has 0 saturated carbocycles. The topological polar surface area (TPSA) is 49.3 Å². The Morgan fingerprint density at radius 2 is 2.22 bits per heavy atom. The molecule has 0 radical (unpaired) electrons. The molecule has 0 aliphatic rings. The first kappa shape index (κ1) is 15.5. The zero-order chi connectivity index (χ0) is 13.8. The molecule has 1 aromatic rings. The van der Waals surface area contributed by atoms with Gasteiger partial charge in [0.15, 0.2) is 0 Å². The molecule has 0 aliphatic carbocycles. The van der Waals surface area contributed by atoms with E-state index in [9.17, 15) is 9.90 Å². The molecule has 1 rings (SSSR count). The Balaban J connectivity index is 2.66. The predicted octanol–water partition coefficient (Wildman–Crippen LogP) is 2.60. The van der Waals surface area contributed by atoms with Crippen LogP contribution in [0.25, 0.3) is 0 Å². The lowest BCUT2D eigenvalue weighted by molar-refractivity contribution is 0.0724. The van der Waals surface area contributed by atoms with Gasteiger partial charge in [-0.15, -0.1) is 0 Å². The number of aliphatic hydroxyl groups is 1. The largest absolute Gasteiger partial charge is 0.387 e. The van der Waals surface area contributed by atoms with Gasteiger partial charge in [-0.2, -0.15) is 11.8 Å². The zero-order valence-corrected chi connectivity index (χ0v) is 13.2. The third kappa shape index (κ3) is 4.63. The van der Waals surface area contributed by atoms with Crippen LogP contribution in [0.3, 0.4) is 0 Å². The number of rotatable bonds is 5. The summed E-state index contributed by atoms with van der Waals surface area (Å²) in [7, 11) is 0. The highest BCUT2D eigenvalue weighted by atomic mass is 79.9. The van der Waals surface area contributed by atoms with Crippen molar-refractivity contribution in [2.24, 2.45) is 0 Å². The third-order valence-electron chi connectivity index (χ3n) is 2.52. The highest BCUT2D eigenvalue weighted by Crippen LogP contribution is 2.16. The van der Waals surface area contributed by atoms with Gasteiger partial charge in [0.1, 0.15) is 0 Å². The Morgan fingerprint density at radius 3 is 2.78 bits per heavy atom. The van der Waals surface area contributed by atoms with Crippen molar-refractivity contribution < 1.29 is 9.90 Å². The molecule has 1 aromatic carbocycles. The zero-order valence-electron chi connectivity index (χ0n) is 10.8. The van der Waals surface area contributed by atoms with Gasteiger partial charge in [0.2, 0.25) is 0 Å². The van der Waals surface area contributed by atoms with E-state index in [1.807, 2.05) is 25.3 Å². The molecule has 100 valence electrons. The Hall–Kier alpha value is -0.520. The SMILES string of the molecule is CSC[C@](C)(O)CNC(=O)c1ccc(Br)cc1C. The molecule has 2 N–H and O–H groups in total. The molecule has 0 bridgehead atoms. The Labute approximate surface area is 120 Å². The van der Waals surface area contributed by atoms with Crippen molar-refractivity contribution in [2.75, 3.05) is 18.6 Å². The molecule has 0 aromatic heterocycles. The van der Waals surface area contributed by atoms with E-state index >= 15 is 0 Å². The van der Waals surface area contributed by atoms with Gasteiger partial charge in [0.25, 0.3) is 5.91 Å². The number of hydrogen-bond donors (Lipinski definition) is 2. The van der Waals surface area contributed by atoms with E-state index < -0.39 is 5.60 Å². The van der Waals surface area contributed by atoms with Crippen LogP contribution in [-0.2, 0) is 0 Å². The summed E-state index contributed by atoms with van der Waals surface area (Å²) in [4.78, 5) is 12.0. The summed E-state index contributed by atoms with van der Waals surface area (Å²) >= 11 is 4.92. The molecule has 0 aliphatic heterocycles. The number of nitrogens with one attached hydrogen (secondary N) is 1. The molecular formula is C13H18BrNO2S. The summed E-state index contributed by atoms with van der Waals surface area (Å²) in [6.07, 6.45) is 1.93. The maximum absolute atomic E-state index is 12.0. The normalized spacial score (nSPS) is 14.1. The van der Waals surface area contributed by atoms with Gasteiger partial charge in [0, 0.05) is 22.3 Å². The Kier molecular flexibility index (Phi) is 5.69. The minimum atomic E-state index is -0.877. The van der Waals surface area contributed by atoms with Crippen molar-refractivity contribution in [3.05, 3.63) is 33.8 Å². The number of hydrogen-bond acceptors (Lipinski definition) is 3. The van der Waals surface area contributed by atoms with Crippen molar-refractivity contribution in [2.45, 2.75) is 19.4 Å². The van der Waals surface area contributed by atoms with E-state index in [0.29, 0.717) is 11.3 Å². The van der Waals surface area contributed by atoms with E-state index in [0.717, 1.165) is 10.0 Å². The van der Waals surface area contributed by atoms with E-state index in [1.165, 1.54) is 0 Å². The molecule has 1 amide bonds. The van der Waals surface area contributed by atoms with Crippen LogP contribution < -0.4 is 5.32 Å². The number of benzene rings is 1. The van der Waals surface area contributed by atoms with Crippen LogP contribution in [-0.4, -0.2) is 35.2 Å². The fourth-order valence-corrected chi connectivity index (χ4v) is 2.81. The third-order valence-corrected chi connectivity index (χ3v) is 3.92. The van der Waals surface area contributed by atoms with Crippen molar-refractivity contribution in [3.8, 4) is 0 Å². The van der Waals surface area contributed by atoms with Gasteiger partial charge in [-0.25, -0.2) is 0 Å². The van der Waals surface area contributed by atoms with Crippen LogP contribution in [0.4, 0.5) is 0 Å². The molecule has 1 atom stereocenters. The van der Waals surface area contributed by atoms with Crippen molar-refractivity contribution >= 4 is 33.6 Å². The number of amides is 1. The van der Waals surface area contributed by atoms with Gasteiger partial charge >= 0.3 is 0 Å². The number of carbonyl (C=O) groups excluding carboxylic acids is 1. The molecule has 0 spiro atoms. The molecule has 3 nitrogen and oxygen atoms in total. The van der Waals surface area contributed by atoms with Gasteiger partial charge in [-0.05, 0) is 43.9 Å². The van der Waals surface area contributed by atoms with E-state index in [1.54, 1.807) is 24.8 Å². The van der Waals surface area contributed by atoms with Crippen molar-refractivity contribution in [1.82, 2.24) is 5.32 Å². The second-order valence-corrected chi connectivity index (χ2v) is 6.35. The average Bonchev–Trinajstić information content (AvgIpc) is 2.26. The maximum atomic E-state index is 12.0. The Morgan fingerprint density at radius 1 is 1.56 bits per heavy atom. The van der Waals surface area contributed by atoms with Crippen LogP contribution >= 0.6 is 27.7 Å². The average molecular weight is 332 g/mol. The van der Waals surface area contributed by atoms with Crippen LogP contribution in [0.2, 0.25) is 0 Å². The summed E-state index contributed by atoms with van der Waals surface area (Å²) in [5.74, 6) is 0.438. The van der Waals surface area contributed by atoms with Crippen LogP contribution in [0.1, 0.15) is 22.8 Å². The first-order valence-corrected chi connectivity index (χ1v) is 7.80. The smallest absolute Gasteiger partial charge is 0.251 e. The van der Waals surface area contributed by atoms with Gasteiger partial charge in [-0.3, -0.25) is 4.79 Å². The monoisotopic (exact) mass is 331 g/mol. The van der Waals surface area contributed by atoms with Crippen LogP contribution in [0, 0.1) is 6.92 Å². The number of thioether (sulfide) groups is 1. The maximum Gasteiger partial charge on any atom is 0.251 e. The predicted molar refractivity (Wildman–Crippen MR) is 80.2 cm³/mol. The molecule has 18 heavy (non-hydrogen) atoms. The van der Waals surface area contributed by atoms with Gasteiger partial charge < -0.3 is 10.4 Å². The van der Waals surface area contributed by atoms with Gasteiger partial charge in [-0.1, -0.05) is 15.9 Å². The molecule has 0 saturated heterocycles. The van der Waals surface area contributed by atoms with Crippen molar-refractivity contribution in [3.63, 3.8) is 0 Å². The number of carbonyl (C=O) groups is 1. The highest BCUT2D eigenvalue weighted by molar-refractivity contribution is 9.10. The lowest BCUT2D eigenvalue weighted by atomic mass is 10.1. The second kappa shape index (κ2) is 6.59. The number of aryl methyl sites for hydroxylation is 1. The molecular weight excluding hydrogens is 314 g/mol. The first-order valence-electron chi connectivity index (χ1n) is 5.61. The van der Waals surface area contributed by atoms with E-state index in [4.69, 9.17) is 0 Å². The van der Waals surface area contributed by atoms with E-state index in [-0.39, 0.29) is 12.5 Å². The van der Waals surface area contributed by atoms with Crippen LogP contribution in [0.5, 0.6) is 0 Å². The number of halogens is 1. The first-order chi connectivity index (χ1) is 8.35. The van der Waals surface area contributed by atoms with Crippen LogP contribution in [0.15, 0.2) is 22.7 Å². The van der Waals surface area contributed by atoms with Gasteiger partial charge in [0.05, 0.1) is 5.60 Å². The second-order valence-electron chi connectivity index (χ2n) is 4.57. The lowest BCUT2D eigenvalue weighted by Gasteiger charge is -2.22. The quantitative estimate of drug-likeness (QED) is 0.871. The lowest BCUT2D eigenvalue weighted by Crippen LogP contribution is -2.42. The standard InChI is InChI=1S/C13H18BrNO2S/c1-9-6-10(14)4-5-11(9)12(16)15-7-13(2,17)8-18-3/h4-6,17H,7-8H2,1-3H3,(H,15,16)/t13-/m1/s1.